The molecule has 2 aromatic heterocycles. The average molecular weight is 746 g/mol. The highest BCUT2D eigenvalue weighted by molar-refractivity contribution is 6.08. The van der Waals surface area contributed by atoms with E-state index in [1.807, 2.05) is 18.3 Å². The van der Waals surface area contributed by atoms with Gasteiger partial charge in [-0.3, -0.25) is 4.57 Å². The summed E-state index contributed by atoms with van der Waals surface area (Å²) in [7, 11) is 0. The second kappa shape index (κ2) is 14.2. The van der Waals surface area contributed by atoms with Crippen molar-refractivity contribution < 1.29 is 9.47 Å². The number of aryl methyl sites for hydroxylation is 1. The van der Waals surface area contributed by atoms with Crippen molar-refractivity contribution in [2.24, 2.45) is 4.99 Å². The Balaban J connectivity index is 1.18. The first-order valence-corrected chi connectivity index (χ1v) is 19.8. The molecule has 0 unspecified atom stereocenters. The van der Waals surface area contributed by atoms with Crippen molar-refractivity contribution in [3.8, 4) is 28.3 Å². The van der Waals surface area contributed by atoms with Crippen molar-refractivity contribution in [3.05, 3.63) is 192 Å². The van der Waals surface area contributed by atoms with Gasteiger partial charge in [0.05, 0.1) is 11.2 Å². The zero-order valence-electron chi connectivity index (χ0n) is 33.4. The lowest BCUT2D eigenvalue weighted by molar-refractivity contribution is 0.0916. The summed E-state index contributed by atoms with van der Waals surface area (Å²) in [5.41, 5.74) is 10.1. The van der Waals surface area contributed by atoms with E-state index in [9.17, 15) is 0 Å². The van der Waals surface area contributed by atoms with Crippen LogP contribution in [-0.2, 0) is 10.2 Å². The number of benzene rings is 6. The molecule has 0 N–H and O–H groups in total. The third kappa shape index (κ3) is 6.99. The van der Waals surface area contributed by atoms with Gasteiger partial charge in [-0.05, 0) is 109 Å². The maximum Gasteiger partial charge on any atom is 0.217 e. The van der Waals surface area contributed by atoms with Gasteiger partial charge in [0, 0.05) is 34.5 Å². The second-order valence-corrected chi connectivity index (χ2v) is 16.8. The number of ether oxygens (including phenoxy) is 2. The number of pyridine rings is 1. The summed E-state index contributed by atoms with van der Waals surface area (Å²) in [6.07, 6.45) is 1.87. The molecule has 0 amide bonds. The fourth-order valence-electron chi connectivity index (χ4n) is 8.25. The van der Waals surface area contributed by atoms with Gasteiger partial charge in [0.25, 0.3) is 0 Å². The monoisotopic (exact) mass is 745 g/mol. The van der Waals surface area contributed by atoms with E-state index in [4.69, 9.17) is 19.5 Å². The summed E-state index contributed by atoms with van der Waals surface area (Å²) in [6, 6.07) is 55.3. The Bertz CT molecular complexity index is 2720. The smallest absolute Gasteiger partial charge is 0.217 e. The van der Waals surface area contributed by atoms with E-state index in [0.29, 0.717) is 11.6 Å². The maximum absolute atomic E-state index is 6.98. The van der Waals surface area contributed by atoms with Crippen LogP contribution in [0.4, 0.5) is 0 Å². The Labute approximate surface area is 335 Å². The van der Waals surface area contributed by atoms with E-state index in [0.717, 1.165) is 50.2 Å². The van der Waals surface area contributed by atoms with Crippen LogP contribution in [0, 0.1) is 6.92 Å². The van der Waals surface area contributed by atoms with E-state index >= 15 is 0 Å². The molecule has 1 aliphatic heterocycles. The largest absolute Gasteiger partial charge is 0.469 e. The summed E-state index contributed by atoms with van der Waals surface area (Å²) >= 11 is 0. The van der Waals surface area contributed by atoms with Crippen LogP contribution in [0.1, 0.15) is 68.4 Å². The molecule has 282 valence electrons. The minimum atomic E-state index is -0.583. The lowest BCUT2D eigenvalue weighted by Gasteiger charge is -2.32. The normalized spacial score (nSPS) is 15.2. The summed E-state index contributed by atoms with van der Waals surface area (Å²) in [6.45, 7) is 13.2. The predicted molar refractivity (Wildman–Crippen MR) is 234 cm³/mol. The number of hydrogen-bond acceptors (Lipinski definition) is 4. The Hall–Kier alpha value is -6.46. The second-order valence-electron chi connectivity index (χ2n) is 16.8. The number of fused-ring (bicyclic) bond motifs is 3. The molecular formula is C52H47N3O2. The molecule has 8 aromatic rings. The van der Waals surface area contributed by atoms with Crippen LogP contribution in [0.2, 0.25) is 0 Å². The number of aromatic nitrogens is 2. The van der Waals surface area contributed by atoms with E-state index in [1.54, 1.807) is 0 Å². The van der Waals surface area contributed by atoms with Gasteiger partial charge in [0.2, 0.25) is 5.90 Å². The molecule has 5 heteroatoms. The molecule has 57 heavy (non-hydrogen) atoms. The number of hydrogen-bond donors (Lipinski definition) is 0. The molecular weight excluding hydrogens is 699 g/mol. The van der Waals surface area contributed by atoms with Crippen molar-refractivity contribution in [3.63, 3.8) is 0 Å². The van der Waals surface area contributed by atoms with Crippen LogP contribution in [0.5, 0.6) is 11.5 Å². The van der Waals surface area contributed by atoms with E-state index in [2.05, 4.69) is 192 Å². The quantitative estimate of drug-likeness (QED) is 0.156. The third-order valence-corrected chi connectivity index (χ3v) is 11.2. The zero-order valence-corrected chi connectivity index (χ0v) is 33.4. The van der Waals surface area contributed by atoms with Crippen molar-refractivity contribution in [1.82, 2.24) is 9.55 Å². The van der Waals surface area contributed by atoms with Gasteiger partial charge in [-0.15, -0.1) is 0 Å². The Morgan fingerprint density at radius 2 is 1.30 bits per heavy atom. The summed E-state index contributed by atoms with van der Waals surface area (Å²) in [5, 5.41) is 2.31. The molecule has 0 saturated heterocycles. The molecule has 0 radical (unpaired) electrons. The summed E-state index contributed by atoms with van der Waals surface area (Å²) in [5.74, 6) is 2.06. The average Bonchev–Trinajstić information content (AvgIpc) is 3.71. The molecule has 5 nitrogen and oxygen atoms in total. The first kappa shape index (κ1) is 36.2. The van der Waals surface area contributed by atoms with Crippen LogP contribution in [0.15, 0.2) is 169 Å². The standard InChI is InChI=1S/C52H47N3O2/c1-34-24-25-46-45(27-34)44-23-16-26-53-49(44)55(46)41-31-40(51(2,3)4)32-43(33-41)56-42-29-38(35-17-10-7-11-18-35)28-39(30-42)50-54-48(52(5,6)57-50)47(36-19-12-8-13-20-36)37-21-14-9-15-22-37/h7-33,47-48H,1-6H3/t48-/m1/s1. The maximum atomic E-state index is 6.98. The SMILES string of the molecule is Cc1ccc2c(c1)c1cccnc1n2-c1cc(Oc2cc(C3=N[C@H](C(c4ccccc4)c4ccccc4)C(C)(C)O3)cc(-c3ccccc3)c2)cc(C(C)(C)C)c1. The Kier molecular flexibility index (Phi) is 9.04. The van der Waals surface area contributed by atoms with Crippen LogP contribution >= 0.6 is 0 Å². The first-order valence-electron chi connectivity index (χ1n) is 19.8. The van der Waals surface area contributed by atoms with Crippen LogP contribution < -0.4 is 4.74 Å². The molecule has 0 spiro atoms. The topological polar surface area (TPSA) is 48.6 Å². The fourth-order valence-corrected chi connectivity index (χ4v) is 8.25. The highest BCUT2D eigenvalue weighted by Crippen LogP contribution is 2.43. The van der Waals surface area contributed by atoms with Gasteiger partial charge >= 0.3 is 0 Å². The highest BCUT2D eigenvalue weighted by Gasteiger charge is 2.45. The number of aliphatic imine (C=N–C) groups is 1. The predicted octanol–water partition coefficient (Wildman–Crippen LogP) is 13.0. The van der Waals surface area contributed by atoms with E-state index < -0.39 is 5.60 Å². The van der Waals surface area contributed by atoms with Crippen molar-refractivity contribution in [2.75, 3.05) is 0 Å². The van der Waals surface area contributed by atoms with Crippen molar-refractivity contribution >= 4 is 27.8 Å². The summed E-state index contributed by atoms with van der Waals surface area (Å²) < 4.78 is 16.1. The molecule has 0 fully saturated rings. The third-order valence-electron chi connectivity index (χ3n) is 11.2. The molecule has 1 atom stereocenters. The fraction of sp³-hybridized carbons (Fsp3) is 0.192. The minimum absolute atomic E-state index is 0.00531. The van der Waals surface area contributed by atoms with Gasteiger partial charge in [-0.25, -0.2) is 9.98 Å². The lowest BCUT2D eigenvalue weighted by atomic mass is 9.79. The highest BCUT2D eigenvalue weighted by atomic mass is 16.5. The van der Waals surface area contributed by atoms with Crippen LogP contribution in [-0.4, -0.2) is 27.1 Å². The molecule has 9 rings (SSSR count). The van der Waals surface area contributed by atoms with Gasteiger partial charge in [-0.2, -0.15) is 0 Å². The van der Waals surface area contributed by atoms with Gasteiger partial charge < -0.3 is 9.47 Å². The molecule has 3 heterocycles. The molecule has 1 aliphatic rings. The molecule has 0 saturated carbocycles. The minimum Gasteiger partial charge on any atom is -0.469 e. The van der Waals surface area contributed by atoms with Gasteiger partial charge in [-0.1, -0.05) is 123 Å². The van der Waals surface area contributed by atoms with E-state index in [-0.39, 0.29) is 17.4 Å². The van der Waals surface area contributed by atoms with Crippen LogP contribution in [0.25, 0.3) is 38.8 Å². The molecule has 6 aromatic carbocycles. The van der Waals surface area contributed by atoms with Crippen molar-refractivity contribution in [1.29, 1.82) is 0 Å². The number of nitrogens with zero attached hydrogens (tertiary/aromatic N) is 3. The zero-order chi connectivity index (χ0) is 39.3. The lowest BCUT2D eigenvalue weighted by Crippen LogP contribution is -2.38. The van der Waals surface area contributed by atoms with Crippen LogP contribution in [0.3, 0.4) is 0 Å². The van der Waals surface area contributed by atoms with Crippen molar-refractivity contribution in [2.45, 2.75) is 64.5 Å². The van der Waals surface area contributed by atoms with Gasteiger partial charge in [0.1, 0.15) is 28.8 Å². The van der Waals surface area contributed by atoms with Gasteiger partial charge in [0.15, 0.2) is 0 Å². The molecule has 0 bridgehead atoms. The summed E-state index contributed by atoms with van der Waals surface area (Å²) in [4.78, 5) is 10.3. The Morgan fingerprint density at radius 3 is 1.98 bits per heavy atom. The molecule has 0 aliphatic carbocycles. The number of rotatable bonds is 8. The Morgan fingerprint density at radius 1 is 0.649 bits per heavy atom. The first-order chi connectivity index (χ1) is 27.5. The van der Waals surface area contributed by atoms with E-state index in [1.165, 1.54) is 22.1 Å².